The molecule has 0 saturated carbocycles. The van der Waals surface area contributed by atoms with Crippen LogP contribution in [-0.4, -0.2) is 30.6 Å². The van der Waals surface area contributed by atoms with Gasteiger partial charge in [-0.3, -0.25) is 4.90 Å². The molecule has 0 N–H and O–H groups in total. The minimum absolute atomic E-state index is 0.209. The summed E-state index contributed by atoms with van der Waals surface area (Å²) < 4.78 is 4.96. The van der Waals surface area contributed by atoms with E-state index < -0.39 is 0 Å². The molecule has 3 nitrogen and oxygen atoms in total. The average Bonchev–Trinajstić information content (AvgIpc) is 2.40. The summed E-state index contributed by atoms with van der Waals surface area (Å²) in [6.45, 7) is 5.18. The number of nitrogens with zero attached hydrogens (tertiary/aromatic N) is 1. The average molecular weight is 259 g/mol. The number of piperidine rings is 1. The number of ether oxygens (including phenoxy) is 1. The lowest BCUT2D eigenvalue weighted by atomic mass is 10.0. The van der Waals surface area contributed by atoms with Crippen LogP contribution in [0.25, 0.3) is 0 Å². The summed E-state index contributed by atoms with van der Waals surface area (Å²) in [5, 5.41) is 0. The predicted octanol–water partition coefficient (Wildman–Crippen LogP) is 2.77. The lowest BCUT2D eigenvalue weighted by molar-refractivity contribution is -0.137. The van der Waals surface area contributed by atoms with Gasteiger partial charge in [-0.2, -0.15) is 0 Å². The van der Waals surface area contributed by atoms with Crippen molar-refractivity contribution >= 4 is 5.97 Å². The highest BCUT2D eigenvalue weighted by molar-refractivity contribution is 5.82. The smallest absolute Gasteiger partial charge is 0.330 e. The molecule has 3 heteroatoms. The van der Waals surface area contributed by atoms with Gasteiger partial charge >= 0.3 is 5.97 Å². The third-order valence-corrected chi connectivity index (χ3v) is 3.26. The molecule has 0 aromatic heterocycles. The first-order valence-electron chi connectivity index (χ1n) is 6.90. The van der Waals surface area contributed by atoms with Gasteiger partial charge in [0.2, 0.25) is 0 Å². The van der Waals surface area contributed by atoms with E-state index in [-0.39, 0.29) is 5.97 Å². The Balaban J connectivity index is 1.92. The summed E-state index contributed by atoms with van der Waals surface area (Å²) >= 11 is 0. The zero-order valence-corrected chi connectivity index (χ0v) is 11.5. The molecule has 0 bridgehead atoms. The maximum atomic E-state index is 11.5. The van der Waals surface area contributed by atoms with Crippen LogP contribution in [-0.2, 0) is 16.1 Å². The Morgan fingerprint density at radius 1 is 1.37 bits per heavy atom. The van der Waals surface area contributed by atoms with E-state index in [0.29, 0.717) is 6.61 Å². The molecule has 102 valence electrons. The Morgan fingerprint density at radius 2 is 2.16 bits per heavy atom. The molecule has 1 aromatic carbocycles. The van der Waals surface area contributed by atoms with Gasteiger partial charge in [0, 0.05) is 19.2 Å². The van der Waals surface area contributed by atoms with Crippen LogP contribution in [0.4, 0.5) is 0 Å². The highest BCUT2D eigenvalue weighted by Crippen LogP contribution is 2.17. The molecule has 1 fully saturated rings. The van der Waals surface area contributed by atoms with Crippen molar-refractivity contribution in [3.8, 4) is 0 Å². The van der Waals surface area contributed by atoms with Crippen molar-refractivity contribution in [2.24, 2.45) is 0 Å². The standard InChI is InChI=1S/C16H21NO2/c1-2-19-16(18)11-15-9-6-10-17(13-15)12-14-7-4-3-5-8-14/h3-5,7-8,11H,2,6,9-10,12-13H2,1H3. The van der Waals surface area contributed by atoms with Crippen LogP contribution in [0.1, 0.15) is 25.3 Å². The molecule has 0 spiro atoms. The van der Waals surface area contributed by atoms with E-state index in [2.05, 4.69) is 29.2 Å². The molecule has 19 heavy (non-hydrogen) atoms. The quantitative estimate of drug-likeness (QED) is 0.615. The van der Waals surface area contributed by atoms with Gasteiger partial charge in [0.05, 0.1) is 6.61 Å². The molecule has 0 amide bonds. The Kier molecular flexibility index (Phi) is 5.16. The lowest BCUT2D eigenvalue weighted by Gasteiger charge is -2.28. The summed E-state index contributed by atoms with van der Waals surface area (Å²) in [5.74, 6) is -0.209. The molecule has 0 atom stereocenters. The zero-order chi connectivity index (χ0) is 13.5. The Hall–Kier alpha value is -1.61. The summed E-state index contributed by atoms with van der Waals surface area (Å²) in [7, 11) is 0. The zero-order valence-electron chi connectivity index (χ0n) is 11.5. The molecule has 1 aliphatic heterocycles. The van der Waals surface area contributed by atoms with Gasteiger partial charge in [-0.25, -0.2) is 4.79 Å². The molecular weight excluding hydrogens is 238 g/mol. The molecule has 2 rings (SSSR count). The first-order chi connectivity index (χ1) is 9.28. The van der Waals surface area contributed by atoms with Gasteiger partial charge in [0.1, 0.15) is 0 Å². The SMILES string of the molecule is CCOC(=O)C=C1CCCN(Cc2ccccc2)C1. The summed E-state index contributed by atoms with van der Waals surface area (Å²) in [6.07, 6.45) is 3.78. The molecule has 0 aliphatic carbocycles. The number of hydrogen-bond donors (Lipinski definition) is 0. The Morgan fingerprint density at radius 3 is 2.89 bits per heavy atom. The fraction of sp³-hybridized carbons (Fsp3) is 0.438. The molecule has 1 heterocycles. The predicted molar refractivity (Wildman–Crippen MR) is 75.7 cm³/mol. The maximum absolute atomic E-state index is 11.5. The molecule has 0 radical (unpaired) electrons. The number of hydrogen-bond acceptors (Lipinski definition) is 3. The van der Waals surface area contributed by atoms with Crippen LogP contribution < -0.4 is 0 Å². The third kappa shape index (κ3) is 4.52. The highest BCUT2D eigenvalue weighted by atomic mass is 16.5. The first kappa shape index (κ1) is 13.8. The molecule has 0 unspecified atom stereocenters. The van der Waals surface area contributed by atoms with Gasteiger partial charge in [-0.05, 0) is 37.4 Å². The maximum Gasteiger partial charge on any atom is 0.330 e. The normalized spacial score (nSPS) is 18.5. The van der Waals surface area contributed by atoms with Crippen molar-refractivity contribution in [2.75, 3.05) is 19.7 Å². The summed E-state index contributed by atoms with van der Waals surface area (Å²) in [5.41, 5.74) is 2.50. The number of likely N-dealkylation sites (tertiary alicyclic amines) is 1. The number of carbonyl (C=O) groups excluding carboxylic acids is 1. The number of esters is 1. The van der Waals surface area contributed by atoms with E-state index in [0.717, 1.165) is 32.5 Å². The third-order valence-electron chi connectivity index (χ3n) is 3.26. The largest absolute Gasteiger partial charge is 0.463 e. The number of benzene rings is 1. The van der Waals surface area contributed by atoms with Crippen molar-refractivity contribution < 1.29 is 9.53 Å². The van der Waals surface area contributed by atoms with E-state index in [4.69, 9.17) is 4.74 Å². The van der Waals surface area contributed by atoms with E-state index in [9.17, 15) is 4.79 Å². The van der Waals surface area contributed by atoms with Crippen LogP contribution in [0.2, 0.25) is 0 Å². The van der Waals surface area contributed by atoms with Crippen LogP contribution in [0.5, 0.6) is 0 Å². The van der Waals surface area contributed by atoms with Crippen LogP contribution in [0.15, 0.2) is 42.0 Å². The van der Waals surface area contributed by atoms with Crippen LogP contribution in [0, 0.1) is 0 Å². The molecule has 1 aliphatic rings. The first-order valence-corrected chi connectivity index (χ1v) is 6.90. The number of carbonyl (C=O) groups is 1. The highest BCUT2D eigenvalue weighted by Gasteiger charge is 2.15. The lowest BCUT2D eigenvalue weighted by Crippen LogP contribution is -2.31. The van der Waals surface area contributed by atoms with Gasteiger partial charge in [0.15, 0.2) is 0 Å². The molecule has 1 saturated heterocycles. The second-order valence-electron chi connectivity index (χ2n) is 4.85. The van der Waals surface area contributed by atoms with Crippen LogP contribution >= 0.6 is 0 Å². The van der Waals surface area contributed by atoms with E-state index >= 15 is 0 Å². The molecular formula is C16H21NO2. The second kappa shape index (κ2) is 7.10. The topological polar surface area (TPSA) is 29.5 Å². The van der Waals surface area contributed by atoms with Gasteiger partial charge in [-0.15, -0.1) is 0 Å². The van der Waals surface area contributed by atoms with Gasteiger partial charge in [0.25, 0.3) is 0 Å². The minimum Gasteiger partial charge on any atom is -0.463 e. The van der Waals surface area contributed by atoms with Gasteiger partial charge in [-0.1, -0.05) is 30.3 Å². The van der Waals surface area contributed by atoms with Gasteiger partial charge < -0.3 is 4.74 Å². The van der Waals surface area contributed by atoms with E-state index in [1.165, 1.54) is 11.1 Å². The molecule has 1 aromatic rings. The Bertz CT molecular complexity index is 439. The van der Waals surface area contributed by atoms with E-state index in [1.807, 2.05) is 13.0 Å². The summed E-state index contributed by atoms with van der Waals surface area (Å²) in [6, 6.07) is 10.4. The second-order valence-corrected chi connectivity index (χ2v) is 4.85. The fourth-order valence-corrected chi connectivity index (χ4v) is 2.42. The van der Waals surface area contributed by atoms with Crippen LogP contribution in [0.3, 0.4) is 0 Å². The van der Waals surface area contributed by atoms with E-state index in [1.54, 1.807) is 6.08 Å². The van der Waals surface area contributed by atoms with Crippen molar-refractivity contribution in [1.29, 1.82) is 0 Å². The summed E-state index contributed by atoms with van der Waals surface area (Å²) in [4.78, 5) is 13.8. The van der Waals surface area contributed by atoms with Crippen molar-refractivity contribution in [2.45, 2.75) is 26.3 Å². The number of rotatable bonds is 4. The fourth-order valence-electron chi connectivity index (χ4n) is 2.42. The van der Waals surface area contributed by atoms with Crippen molar-refractivity contribution in [3.63, 3.8) is 0 Å². The minimum atomic E-state index is -0.209. The Labute approximate surface area is 114 Å². The monoisotopic (exact) mass is 259 g/mol. The van der Waals surface area contributed by atoms with Crippen molar-refractivity contribution in [3.05, 3.63) is 47.5 Å². The van der Waals surface area contributed by atoms with Crippen molar-refractivity contribution in [1.82, 2.24) is 4.90 Å².